The summed E-state index contributed by atoms with van der Waals surface area (Å²) in [6.07, 6.45) is 0. The molecule has 1 unspecified atom stereocenters. The maximum Gasteiger partial charge on any atom is 0.337 e. The van der Waals surface area contributed by atoms with Gasteiger partial charge in [0, 0.05) is 24.2 Å². The second-order valence-electron chi connectivity index (χ2n) is 9.56. The second-order valence-corrected chi connectivity index (χ2v) is 9.56. The first-order valence-corrected chi connectivity index (χ1v) is 11.5. The Morgan fingerprint density at radius 2 is 1.66 bits per heavy atom. The van der Waals surface area contributed by atoms with Crippen molar-refractivity contribution in [3.05, 3.63) is 99.3 Å². The van der Waals surface area contributed by atoms with Crippen molar-refractivity contribution in [2.75, 3.05) is 5.32 Å². The predicted molar refractivity (Wildman–Crippen MR) is 140 cm³/mol. The highest BCUT2D eigenvalue weighted by Gasteiger charge is 2.19. The van der Waals surface area contributed by atoms with E-state index in [0.29, 0.717) is 11.1 Å². The number of benzene rings is 3. The molecule has 0 saturated heterocycles. The molecule has 0 spiro atoms. The number of para-hydroxylation sites is 1. The Kier molecular flexibility index (Phi) is 6.26. The molecule has 0 fully saturated rings. The highest BCUT2D eigenvalue weighted by atomic mass is 16.4. The molecule has 1 heterocycles. The predicted octanol–water partition coefficient (Wildman–Crippen LogP) is 5.61. The topological polar surface area (TPSA) is 91.6 Å². The quantitative estimate of drug-likeness (QED) is 0.341. The number of aryl methyl sites for hydroxylation is 1. The molecule has 4 aromatic rings. The van der Waals surface area contributed by atoms with Crippen molar-refractivity contribution in [3.63, 3.8) is 0 Å². The summed E-state index contributed by atoms with van der Waals surface area (Å²) in [6.45, 7) is 7.38. The number of aromatic nitrogens is 1. The maximum atomic E-state index is 13.4. The molecule has 1 atom stereocenters. The van der Waals surface area contributed by atoms with Crippen LogP contribution in [-0.4, -0.2) is 20.7 Å². The minimum atomic E-state index is -1.000. The van der Waals surface area contributed by atoms with Gasteiger partial charge < -0.3 is 20.1 Å². The Labute approximate surface area is 204 Å². The lowest BCUT2D eigenvalue weighted by atomic mass is 9.94. The molecule has 0 aliphatic rings. The van der Waals surface area contributed by atoms with Crippen molar-refractivity contribution >= 4 is 22.4 Å². The van der Waals surface area contributed by atoms with Gasteiger partial charge in [-0.3, -0.25) is 4.79 Å². The van der Waals surface area contributed by atoms with Gasteiger partial charge in [0.1, 0.15) is 0 Å². The Balaban J connectivity index is 1.86. The smallest absolute Gasteiger partial charge is 0.337 e. The van der Waals surface area contributed by atoms with Gasteiger partial charge in [-0.05, 0) is 79.6 Å². The molecule has 1 aromatic heterocycles. The van der Waals surface area contributed by atoms with E-state index in [1.807, 2.05) is 56.3 Å². The molecule has 0 aliphatic heterocycles. The van der Waals surface area contributed by atoms with Crippen LogP contribution in [0.25, 0.3) is 22.0 Å². The van der Waals surface area contributed by atoms with Gasteiger partial charge in [-0.2, -0.15) is 0 Å². The van der Waals surface area contributed by atoms with E-state index in [-0.39, 0.29) is 17.2 Å². The zero-order chi connectivity index (χ0) is 25.5. The van der Waals surface area contributed by atoms with Crippen molar-refractivity contribution in [2.24, 2.45) is 7.05 Å². The molecule has 3 N–H and O–H groups in total. The third kappa shape index (κ3) is 4.70. The molecule has 6 heteroatoms. The van der Waals surface area contributed by atoms with Crippen LogP contribution in [0.5, 0.6) is 0 Å². The van der Waals surface area contributed by atoms with Gasteiger partial charge >= 0.3 is 5.97 Å². The number of fused-ring (bicyclic) bond motifs is 1. The van der Waals surface area contributed by atoms with Crippen LogP contribution in [0.2, 0.25) is 0 Å². The molecule has 35 heavy (non-hydrogen) atoms. The van der Waals surface area contributed by atoms with Crippen molar-refractivity contribution in [1.29, 1.82) is 0 Å². The Hall–Kier alpha value is -3.90. The average molecular weight is 471 g/mol. The Bertz CT molecular complexity index is 1480. The largest absolute Gasteiger partial charge is 0.478 e. The Morgan fingerprint density at radius 1 is 1.00 bits per heavy atom. The fourth-order valence-electron chi connectivity index (χ4n) is 4.48. The van der Waals surface area contributed by atoms with Crippen LogP contribution in [0, 0.1) is 6.92 Å². The first kappa shape index (κ1) is 24.2. The van der Waals surface area contributed by atoms with E-state index in [4.69, 9.17) is 0 Å². The van der Waals surface area contributed by atoms with Gasteiger partial charge in [-0.1, -0.05) is 42.5 Å². The van der Waals surface area contributed by atoms with Crippen molar-refractivity contribution in [1.82, 2.24) is 4.57 Å². The van der Waals surface area contributed by atoms with Crippen LogP contribution in [0.3, 0.4) is 0 Å². The summed E-state index contributed by atoms with van der Waals surface area (Å²) in [7, 11) is 1.76. The summed E-state index contributed by atoms with van der Waals surface area (Å²) in [5.74, 6) is -1.000. The fourth-order valence-corrected chi connectivity index (χ4v) is 4.48. The number of anilines is 1. The summed E-state index contributed by atoms with van der Waals surface area (Å²) in [4.78, 5) is 25.1. The molecule has 0 aliphatic carbocycles. The van der Waals surface area contributed by atoms with Crippen molar-refractivity contribution in [2.45, 2.75) is 39.3 Å². The van der Waals surface area contributed by atoms with E-state index >= 15 is 0 Å². The van der Waals surface area contributed by atoms with E-state index in [0.717, 1.165) is 33.3 Å². The lowest BCUT2D eigenvalue weighted by Crippen LogP contribution is -2.20. The molecular weight excluding hydrogens is 440 g/mol. The van der Waals surface area contributed by atoms with Crippen molar-refractivity contribution in [3.8, 4) is 11.3 Å². The molecule has 4 rings (SSSR count). The lowest BCUT2D eigenvalue weighted by molar-refractivity contribution is 0.0697. The van der Waals surface area contributed by atoms with Crippen molar-refractivity contribution < 1.29 is 15.0 Å². The Morgan fingerprint density at radius 3 is 2.29 bits per heavy atom. The van der Waals surface area contributed by atoms with E-state index in [2.05, 4.69) is 5.32 Å². The third-order valence-electron chi connectivity index (χ3n) is 6.42. The van der Waals surface area contributed by atoms with E-state index in [1.165, 1.54) is 0 Å². The number of rotatable bonds is 6. The molecule has 0 amide bonds. The molecule has 3 aromatic carbocycles. The number of carboxylic acid groups (broad SMARTS) is 1. The number of hydrogen-bond acceptors (Lipinski definition) is 4. The summed E-state index contributed by atoms with van der Waals surface area (Å²) in [5, 5.41) is 24.6. The lowest BCUT2D eigenvalue weighted by Gasteiger charge is -2.21. The number of nitrogens with zero attached hydrogens (tertiary/aromatic N) is 1. The molecule has 0 bridgehead atoms. The highest BCUT2D eigenvalue weighted by molar-refractivity contribution is 5.94. The van der Waals surface area contributed by atoms with Crippen LogP contribution < -0.4 is 10.9 Å². The number of carboxylic acids is 1. The number of hydrogen-bond donors (Lipinski definition) is 3. The molecule has 180 valence electrons. The molecule has 0 saturated carbocycles. The molecular formula is C29H30N2O4. The number of aromatic carboxylic acids is 1. The van der Waals surface area contributed by atoms with Gasteiger partial charge in [-0.15, -0.1) is 0 Å². The molecule has 0 radical (unpaired) electrons. The first-order valence-electron chi connectivity index (χ1n) is 11.5. The van der Waals surface area contributed by atoms with Crippen LogP contribution in [0.4, 0.5) is 5.69 Å². The fraction of sp³-hybridized carbons (Fsp3) is 0.241. The summed E-state index contributed by atoms with van der Waals surface area (Å²) in [5.41, 5.74) is 3.93. The average Bonchev–Trinajstić information content (AvgIpc) is 2.81. The summed E-state index contributed by atoms with van der Waals surface area (Å²) >= 11 is 0. The van der Waals surface area contributed by atoms with Gasteiger partial charge in [-0.25, -0.2) is 4.79 Å². The summed E-state index contributed by atoms with van der Waals surface area (Å²) < 4.78 is 1.64. The van der Waals surface area contributed by atoms with Gasteiger partial charge in [0.25, 0.3) is 5.56 Å². The SMILES string of the molecule is Cc1cc(C(C)Nc2ccccc2C(=O)O)c2cc(-c3ccc(C(C)(C)O)cc3)n(C)c(=O)c2c1. The van der Waals surface area contributed by atoms with Crippen LogP contribution >= 0.6 is 0 Å². The zero-order valence-corrected chi connectivity index (χ0v) is 20.6. The number of aliphatic hydroxyl groups is 1. The van der Waals surface area contributed by atoms with Gasteiger partial charge in [0.2, 0.25) is 0 Å². The number of nitrogens with one attached hydrogen (secondary N) is 1. The normalized spacial score (nSPS) is 12.5. The van der Waals surface area contributed by atoms with Gasteiger partial charge in [0.15, 0.2) is 0 Å². The second kappa shape index (κ2) is 9.04. The monoisotopic (exact) mass is 470 g/mol. The van der Waals surface area contributed by atoms with Gasteiger partial charge in [0.05, 0.1) is 16.9 Å². The minimum absolute atomic E-state index is 0.104. The highest BCUT2D eigenvalue weighted by Crippen LogP contribution is 2.32. The van der Waals surface area contributed by atoms with Crippen LogP contribution in [0.15, 0.2) is 71.5 Å². The van der Waals surface area contributed by atoms with Crippen LogP contribution in [0.1, 0.15) is 53.9 Å². The van der Waals surface area contributed by atoms with E-state index < -0.39 is 11.6 Å². The standard InChI is InChI=1S/C29H30N2O4/c1-17-14-22(18(2)30-25-9-7-6-8-21(25)28(33)34)23-16-26(31(5)27(32)24(23)15-17)19-10-12-20(13-11-19)29(3,4)35/h6-16,18,30,35H,1-5H3,(H,33,34). The maximum absolute atomic E-state index is 13.4. The first-order chi connectivity index (χ1) is 16.5. The minimum Gasteiger partial charge on any atom is -0.478 e. The zero-order valence-electron chi connectivity index (χ0n) is 20.6. The third-order valence-corrected chi connectivity index (χ3v) is 6.42. The molecule has 6 nitrogen and oxygen atoms in total. The van der Waals surface area contributed by atoms with E-state index in [9.17, 15) is 19.8 Å². The summed E-state index contributed by atoms with van der Waals surface area (Å²) in [6, 6.07) is 20.0. The van der Waals surface area contributed by atoms with Crippen LogP contribution in [-0.2, 0) is 12.6 Å². The number of pyridine rings is 1. The number of carbonyl (C=O) groups is 1. The van der Waals surface area contributed by atoms with E-state index in [1.54, 1.807) is 49.7 Å².